The zero-order chi connectivity index (χ0) is 14.8. The summed E-state index contributed by atoms with van der Waals surface area (Å²) in [7, 11) is 2.08. The average Bonchev–Trinajstić information content (AvgIpc) is 2.81. The Morgan fingerprint density at radius 1 is 1.05 bits per heavy atom. The van der Waals surface area contributed by atoms with Crippen LogP contribution in [-0.2, 0) is 26.4 Å². The van der Waals surface area contributed by atoms with Crippen LogP contribution in [0.1, 0.15) is 22.5 Å². The van der Waals surface area contributed by atoms with Crippen LogP contribution in [0, 0.1) is 6.92 Å². The molecule has 3 heteroatoms. The van der Waals surface area contributed by atoms with Gasteiger partial charge in [-0.3, -0.25) is 0 Å². The Bertz CT molecular complexity index is 771. The first-order valence-corrected chi connectivity index (χ1v) is 7.37. The first kappa shape index (κ1) is 13.8. The average molecular weight is 279 g/mol. The molecular weight excluding hydrogens is 258 g/mol. The van der Waals surface area contributed by atoms with Gasteiger partial charge in [-0.25, -0.2) is 4.98 Å². The fourth-order valence-electron chi connectivity index (χ4n) is 2.76. The predicted octanol–water partition coefficient (Wildman–Crippen LogP) is 3.13. The van der Waals surface area contributed by atoms with Gasteiger partial charge in [0, 0.05) is 20.0 Å². The SMILES string of the molecule is Cc1cccc(CCc2nc3ccc(CN)cc3n2C)c1. The van der Waals surface area contributed by atoms with Crippen molar-refractivity contribution in [1.29, 1.82) is 0 Å². The zero-order valence-electron chi connectivity index (χ0n) is 12.6. The Labute approximate surface area is 125 Å². The first-order chi connectivity index (χ1) is 10.2. The monoisotopic (exact) mass is 279 g/mol. The molecule has 2 N–H and O–H groups in total. The highest BCUT2D eigenvalue weighted by Crippen LogP contribution is 2.18. The van der Waals surface area contributed by atoms with E-state index < -0.39 is 0 Å². The minimum Gasteiger partial charge on any atom is -0.331 e. The van der Waals surface area contributed by atoms with Crippen molar-refractivity contribution in [2.75, 3.05) is 0 Å². The maximum absolute atomic E-state index is 5.72. The molecule has 108 valence electrons. The maximum atomic E-state index is 5.72. The number of imidazole rings is 1. The summed E-state index contributed by atoms with van der Waals surface area (Å²) in [4.78, 5) is 4.75. The van der Waals surface area contributed by atoms with E-state index in [9.17, 15) is 0 Å². The molecule has 3 rings (SSSR count). The number of benzene rings is 2. The molecular formula is C18H21N3. The molecule has 0 fully saturated rings. The lowest BCUT2D eigenvalue weighted by Gasteiger charge is -2.04. The van der Waals surface area contributed by atoms with Crippen LogP contribution in [0.5, 0.6) is 0 Å². The Morgan fingerprint density at radius 2 is 1.90 bits per heavy atom. The van der Waals surface area contributed by atoms with Crippen molar-refractivity contribution in [1.82, 2.24) is 9.55 Å². The molecule has 0 aliphatic carbocycles. The van der Waals surface area contributed by atoms with Crippen LogP contribution in [-0.4, -0.2) is 9.55 Å². The van der Waals surface area contributed by atoms with Crippen molar-refractivity contribution < 1.29 is 0 Å². The Morgan fingerprint density at radius 3 is 2.67 bits per heavy atom. The Hall–Kier alpha value is -2.13. The highest BCUT2D eigenvalue weighted by atomic mass is 15.1. The van der Waals surface area contributed by atoms with Crippen LogP contribution in [0.4, 0.5) is 0 Å². The summed E-state index contributed by atoms with van der Waals surface area (Å²) in [6.45, 7) is 2.70. The third-order valence-electron chi connectivity index (χ3n) is 3.99. The second-order valence-electron chi connectivity index (χ2n) is 5.60. The number of rotatable bonds is 4. The third kappa shape index (κ3) is 2.83. The molecule has 3 aromatic rings. The number of nitrogens with two attached hydrogens (primary N) is 1. The standard InChI is InChI=1S/C18H21N3/c1-13-4-3-5-14(10-13)7-9-18-20-16-8-6-15(12-19)11-17(16)21(18)2/h3-6,8,10-11H,7,9,12,19H2,1-2H3. The smallest absolute Gasteiger partial charge is 0.109 e. The van der Waals surface area contributed by atoms with E-state index in [4.69, 9.17) is 10.7 Å². The van der Waals surface area contributed by atoms with E-state index in [0.29, 0.717) is 6.54 Å². The van der Waals surface area contributed by atoms with Gasteiger partial charge in [0.1, 0.15) is 5.82 Å². The van der Waals surface area contributed by atoms with Crippen LogP contribution in [0.3, 0.4) is 0 Å². The predicted molar refractivity (Wildman–Crippen MR) is 87.2 cm³/mol. The van der Waals surface area contributed by atoms with Gasteiger partial charge in [0.25, 0.3) is 0 Å². The van der Waals surface area contributed by atoms with Gasteiger partial charge in [-0.15, -0.1) is 0 Å². The first-order valence-electron chi connectivity index (χ1n) is 7.37. The van der Waals surface area contributed by atoms with E-state index in [0.717, 1.165) is 35.3 Å². The van der Waals surface area contributed by atoms with Crippen LogP contribution in [0.2, 0.25) is 0 Å². The summed E-state index contributed by atoms with van der Waals surface area (Å²) in [5.41, 5.74) is 11.8. The Kier molecular flexibility index (Phi) is 3.76. The summed E-state index contributed by atoms with van der Waals surface area (Å²) in [6, 6.07) is 14.9. The second kappa shape index (κ2) is 5.70. The zero-order valence-corrected chi connectivity index (χ0v) is 12.6. The van der Waals surface area contributed by atoms with Crippen molar-refractivity contribution in [3.63, 3.8) is 0 Å². The Balaban J connectivity index is 1.85. The molecule has 0 unspecified atom stereocenters. The molecule has 0 atom stereocenters. The van der Waals surface area contributed by atoms with Crippen molar-refractivity contribution in [3.8, 4) is 0 Å². The van der Waals surface area contributed by atoms with Gasteiger partial charge in [-0.2, -0.15) is 0 Å². The van der Waals surface area contributed by atoms with Gasteiger partial charge in [0.15, 0.2) is 0 Å². The van der Waals surface area contributed by atoms with Crippen molar-refractivity contribution in [2.24, 2.45) is 12.8 Å². The van der Waals surface area contributed by atoms with Gasteiger partial charge < -0.3 is 10.3 Å². The van der Waals surface area contributed by atoms with Gasteiger partial charge in [-0.1, -0.05) is 35.9 Å². The minimum absolute atomic E-state index is 0.569. The number of aryl methyl sites for hydroxylation is 4. The molecule has 0 bridgehead atoms. The van der Waals surface area contributed by atoms with E-state index in [-0.39, 0.29) is 0 Å². The van der Waals surface area contributed by atoms with Crippen molar-refractivity contribution in [3.05, 3.63) is 65.0 Å². The number of nitrogens with zero attached hydrogens (tertiary/aromatic N) is 2. The lowest BCUT2D eigenvalue weighted by atomic mass is 10.1. The van der Waals surface area contributed by atoms with E-state index in [1.165, 1.54) is 11.1 Å². The van der Waals surface area contributed by atoms with Crippen LogP contribution in [0.15, 0.2) is 42.5 Å². The quantitative estimate of drug-likeness (QED) is 0.797. The normalized spacial score (nSPS) is 11.2. The van der Waals surface area contributed by atoms with Crippen LogP contribution >= 0.6 is 0 Å². The van der Waals surface area contributed by atoms with E-state index >= 15 is 0 Å². The molecule has 0 radical (unpaired) electrons. The molecule has 1 aromatic heterocycles. The summed E-state index contributed by atoms with van der Waals surface area (Å²) >= 11 is 0. The summed E-state index contributed by atoms with van der Waals surface area (Å²) in [5, 5.41) is 0. The topological polar surface area (TPSA) is 43.8 Å². The molecule has 2 aromatic carbocycles. The lowest BCUT2D eigenvalue weighted by molar-refractivity contribution is 0.786. The number of hydrogen-bond acceptors (Lipinski definition) is 2. The lowest BCUT2D eigenvalue weighted by Crippen LogP contribution is -2.01. The van der Waals surface area contributed by atoms with Crippen molar-refractivity contribution in [2.45, 2.75) is 26.3 Å². The van der Waals surface area contributed by atoms with E-state index in [1.807, 2.05) is 0 Å². The molecule has 0 saturated carbocycles. The van der Waals surface area contributed by atoms with Crippen LogP contribution < -0.4 is 5.73 Å². The van der Waals surface area contributed by atoms with Gasteiger partial charge in [-0.05, 0) is 36.6 Å². The fourth-order valence-corrected chi connectivity index (χ4v) is 2.76. The second-order valence-corrected chi connectivity index (χ2v) is 5.60. The van der Waals surface area contributed by atoms with Crippen molar-refractivity contribution >= 4 is 11.0 Å². The highest BCUT2D eigenvalue weighted by Gasteiger charge is 2.08. The minimum atomic E-state index is 0.569. The van der Waals surface area contributed by atoms with E-state index in [1.54, 1.807) is 0 Å². The van der Waals surface area contributed by atoms with Gasteiger partial charge in [0.05, 0.1) is 11.0 Å². The largest absolute Gasteiger partial charge is 0.331 e. The number of aromatic nitrogens is 2. The molecule has 1 heterocycles. The van der Waals surface area contributed by atoms with Crippen LogP contribution in [0.25, 0.3) is 11.0 Å². The number of hydrogen-bond donors (Lipinski definition) is 1. The molecule has 0 aliphatic heterocycles. The molecule has 21 heavy (non-hydrogen) atoms. The highest BCUT2D eigenvalue weighted by molar-refractivity contribution is 5.76. The maximum Gasteiger partial charge on any atom is 0.109 e. The summed E-state index contributed by atoms with van der Waals surface area (Å²) in [6.07, 6.45) is 1.97. The fraction of sp³-hybridized carbons (Fsp3) is 0.278. The summed E-state index contributed by atoms with van der Waals surface area (Å²) < 4.78 is 2.18. The van der Waals surface area contributed by atoms with Gasteiger partial charge >= 0.3 is 0 Å². The molecule has 0 aliphatic rings. The molecule has 0 saturated heterocycles. The van der Waals surface area contributed by atoms with E-state index in [2.05, 4.69) is 61.0 Å². The molecule has 0 spiro atoms. The third-order valence-corrected chi connectivity index (χ3v) is 3.99. The van der Waals surface area contributed by atoms with Gasteiger partial charge in [0.2, 0.25) is 0 Å². The molecule has 3 nitrogen and oxygen atoms in total. The number of fused-ring (bicyclic) bond motifs is 1. The summed E-state index contributed by atoms with van der Waals surface area (Å²) in [5.74, 6) is 1.13. The molecule has 0 amide bonds.